The van der Waals surface area contributed by atoms with Gasteiger partial charge >= 0.3 is 0 Å². The molecule has 0 aromatic carbocycles. The lowest BCUT2D eigenvalue weighted by molar-refractivity contribution is -0.122. The van der Waals surface area contributed by atoms with Gasteiger partial charge in [-0.1, -0.05) is 20.3 Å². The Morgan fingerprint density at radius 2 is 2.21 bits per heavy atom. The molecule has 14 heavy (non-hydrogen) atoms. The number of carbonyl (C=O) groups excluding carboxylic acids is 1. The van der Waals surface area contributed by atoms with Crippen molar-refractivity contribution >= 4 is 5.78 Å². The van der Waals surface area contributed by atoms with Crippen molar-refractivity contribution in [1.82, 2.24) is 4.90 Å². The summed E-state index contributed by atoms with van der Waals surface area (Å²) in [6.07, 6.45) is 6.46. The number of hydrogen-bond acceptors (Lipinski definition) is 2. The summed E-state index contributed by atoms with van der Waals surface area (Å²) in [5.41, 5.74) is 0. The highest BCUT2D eigenvalue weighted by Crippen LogP contribution is 2.20. The Morgan fingerprint density at radius 3 is 2.79 bits per heavy atom. The zero-order valence-electron chi connectivity index (χ0n) is 9.59. The Balaban J connectivity index is 2.38. The minimum absolute atomic E-state index is 0.469. The number of Topliss-reactive ketones (excluding diaryl/α,β-unsaturated/α-hetero) is 1. The summed E-state index contributed by atoms with van der Waals surface area (Å²) in [5, 5.41) is 0. The first kappa shape index (κ1) is 11.7. The minimum atomic E-state index is 0.469. The maximum atomic E-state index is 11.3. The van der Waals surface area contributed by atoms with E-state index >= 15 is 0 Å². The molecule has 1 atom stereocenters. The summed E-state index contributed by atoms with van der Waals surface area (Å²) in [4.78, 5) is 13.8. The average molecular weight is 197 g/mol. The first-order valence-corrected chi connectivity index (χ1v) is 6.03. The molecule has 2 nitrogen and oxygen atoms in total. The second-order valence-electron chi connectivity index (χ2n) is 4.27. The van der Waals surface area contributed by atoms with Gasteiger partial charge in [0.15, 0.2) is 0 Å². The molecule has 0 heterocycles. The van der Waals surface area contributed by atoms with Crippen LogP contribution in [0.15, 0.2) is 0 Å². The van der Waals surface area contributed by atoms with E-state index in [9.17, 15) is 4.79 Å². The van der Waals surface area contributed by atoms with Crippen LogP contribution < -0.4 is 0 Å². The van der Waals surface area contributed by atoms with Gasteiger partial charge in [-0.25, -0.2) is 0 Å². The van der Waals surface area contributed by atoms with E-state index < -0.39 is 0 Å². The maximum absolute atomic E-state index is 11.3. The van der Waals surface area contributed by atoms with Crippen molar-refractivity contribution in [3.8, 4) is 0 Å². The minimum Gasteiger partial charge on any atom is -0.300 e. The summed E-state index contributed by atoms with van der Waals surface area (Å²) in [6, 6.07) is 0.549. The lowest BCUT2D eigenvalue weighted by Crippen LogP contribution is -2.39. The number of hydrogen-bond donors (Lipinski definition) is 0. The van der Waals surface area contributed by atoms with Crippen LogP contribution in [0, 0.1) is 0 Å². The Hall–Kier alpha value is -0.370. The number of nitrogens with zero attached hydrogens (tertiary/aromatic N) is 1. The topological polar surface area (TPSA) is 20.3 Å². The van der Waals surface area contributed by atoms with Crippen molar-refractivity contribution in [3.05, 3.63) is 0 Å². The highest BCUT2D eigenvalue weighted by molar-refractivity contribution is 5.79. The zero-order valence-corrected chi connectivity index (χ0v) is 9.59. The molecule has 0 radical (unpaired) electrons. The van der Waals surface area contributed by atoms with Gasteiger partial charge < -0.3 is 4.90 Å². The molecule has 0 spiro atoms. The lowest BCUT2D eigenvalue weighted by atomic mass is 9.93. The van der Waals surface area contributed by atoms with E-state index in [0.29, 0.717) is 11.8 Å². The van der Waals surface area contributed by atoms with Gasteiger partial charge in [0.2, 0.25) is 0 Å². The summed E-state index contributed by atoms with van der Waals surface area (Å²) < 4.78 is 0. The molecule has 1 unspecified atom stereocenters. The van der Waals surface area contributed by atoms with Crippen LogP contribution in [-0.2, 0) is 4.79 Å². The second kappa shape index (κ2) is 6.18. The molecular formula is C12H23NO. The van der Waals surface area contributed by atoms with Crippen LogP contribution in [0.1, 0.15) is 52.4 Å². The summed E-state index contributed by atoms with van der Waals surface area (Å²) in [5.74, 6) is 0.469. The van der Waals surface area contributed by atoms with Gasteiger partial charge in [0.05, 0.1) is 0 Å². The predicted octanol–water partition coefficient (Wildman–Crippen LogP) is 2.62. The van der Waals surface area contributed by atoms with Gasteiger partial charge in [-0.2, -0.15) is 0 Å². The van der Waals surface area contributed by atoms with Gasteiger partial charge in [-0.05, 0) is 32.4 Å². The Morgan fingerprint density at radius 1 is 1.43 bits per heavy atom. The molecule has 0 amide bonds. The largest absolute Gasteiger partial charge is 0.300 e. The Labute approximate surface area is 87.7 Å². The molecular weight excluding hydrogens is 174 g/mol. The van der Waals surface area contributed by atoms with E-state index in [0.717, 1.165) is 25.8 Å². The molecule has 1 aliphatic rings. The van der Waals surface area contributed by atoms with Crippen LogP contribution in [-0.4, -0.2) is 29.8 Å². The molecule has 0 N–H and O–H groups in total. The zero-order chi connectivity index (χ0) is 10.4. The SMILES string of the molecule is CCCCN(CC)C1CCCC(=O)C1. The monoisotopic (exact) mass is 197 g/mol. The highest BCUT2D eigenvalue weighted by atomic mass is 16.1. The number of rotatable bonds is 5. The maximum Gasteiger partial charge on any atom is 0.134 e. The molecule has 1 aliphatic carbocycles. The van der Waals surface area contributed by atoms with E-state index in [2.05, 4.69) is 18.7 Å². The van der Waals surface area contributed by atoms with E-state index in [1.165, 1.54) is 25.8 Å². The van der Waals surface area contributed by atoms with Gasteiger partial charge in [0.1, 0.15) is 5.78 Å². The van der Waals surface area contributed by atoms with Crippen LogP contribution in [0.3, 0.4) is 0 Å². The van der Waals surface area contributed by atoms with Crippen LogP contribution in [0.25, 0.3) is 0 Å². The third-order valence-electron chi connectivity index (χ3n) is 3.18. The number of unbranched alkanes of at least 4 members (excludes halogenated alkanes) is 1. The molecule has 0 aromatic rings. The molecule has 2 heteroatoms. The van der Waals surface area contributed by atoms with Gasteiger partial charge in [0.25, 0.3) is 0 Å². The lowest BCUT2D eigenvalue weighted by Gasteiger charge is -2.32. The van der Waals surface area contributed by atoms with Crippen molar-refractivity contribution in [2.45, 2.75) is 58.4 Å². The first-order chi connectivity index (χ1) is 6.77. The van der Waals surface area contributed by atoms with Gasteiger partial charge in [0, 0.05) is 18.9 Å². The molecule has 0 bridgehead atoms. The summed E-state index contributed by atoms with van der Waals surface area (Å²) in [7, 11) is 0. The van der Waals surface area contributed by atoms with Crippen LogP contribution in [0.2, 0.25) is 0 Å². The van der Waals surface area contributed by atoms with E-state index in [1.54, 1.807) is 0 Å². The van der Waals surface area contributed by atoms with Crippen molar-refractivity contribution in [3.63, 3.8) is 0 Å². The summed E-state index contributed by atoms with van der Waals surface area (Å²) >= 11 is 0. The molecule has 0 aliphatic heterocycles. The second-order valence-corrected chi connectivity index (χ2v) is 4.27. The van der Waals surface area contributed by atoms with Crippen molar-refractivity contribution in [2.24, 2.45) is 0 Å². The quantitative estimate of drug-likeness (QED) is 0.675. The van der Waals surface area contributed by atoms with E-state index in [4.69, 9.17) is 0 Å². The van der Waals surface area contributed by atoms with Crippen molar-refractivity contribution in [2.75, 3.05) is 13.1 Å². The Bertz CT molecular complexity index is 179. The fourth-order valence-electron chi connectivity index (χ4n) is 2.27. The predicted molar refractivity (Wildman–Crippen MR) is 59.4 cm³/mol. The smallest absolute Gasteiger partial charge is 0.134 e. The molecule has 1 rings (SSSR count). The third-order valence-corrected chi connectivity index (χ3v) is 3.18. The van der Waals surface area contributed by atoms with Crippen LogP contribution in [0.4, 0.5) is 0 Å². The summed E-state index contributed by atoms with van der Waals surface area (Å²) in [6.45, 7) is 6.69. The number of ketones is 1. The van der Waals surface area contributed by atoms with Crippen molar-refractivity contribution in [1.29, 1.82) is 0 Å². The molecule has 1 saturated carbocycles. The first-order valence-electron chi connectivity index (χ1n) is 6.03. The fourth-order valence-corrected chi connectivity index (χ4v) is 2.27. The normalized spacial score (nSPS) is 23.1. The molecule has 1 fully saturated rings. The number of carbonyl (C=O) groups is 1. The highest BCUT2D eigenvalue weighted by Gasteiger charge is 2.23. The molecule has 0 aromatic heterocycles. The standard InChI is InChI=1S/C12H23NO/c1-3-5-9-13(4-2)11-7-6-8-12(14)10-11/h11H,3-10H2,1-2H3. The van der Waals surface area contributed by atoms with Gasteiger partial charge in [-0.15, -0.1) is 0 Å². The van der Waals surface area contributed by atoms with Gasteiger partial charge in [-0.3, -0.25) is 4.79 Å². The molecule has 82 valence electrons. The van der Waals surface area contributed by atoms with E-state index in [-0.39, 0.29) is 0 Å². The van der Waals surface area contributed by atoms with Crippen molar-refractivity contribution < 1.29 is 4.79 Å². The third kappa shape index (κ3) is 3.41. The van der Waals surface area contributed by atoms with Crippen LogP contribution >= 0.6 is 0 Å². The molecule has 0 saturated heterocycles. The Kier molecular flexibility index (Phi) is 5.16. The average Bonchev–Trinajstić information content (AvgIpc) is 2.19. The van der Waals surface area contributed by atoms with E-state index in [1.807, 2.05) is 0 Å². The fraction of sp³-hybridized carbons (Fsp3) is 0.917. The van der Waals surface area contributed by atoms with Crippen LogP contribution in [0.5, 0.6) is 0 Å².